The summed E-state index contributed by atoms with van der Waals surface area (Å²) in [5.41, 5.74) is 0.161. The second-order valence-electron chi connectivity index (χ2n) is 7.59. The lowest BCUT2D eigenvalue weighted by Gasteiger charge is -2.47. The standard InChI is InChI=1S/C17H29O16P/c1-3-7(2)6-29-34(28,32-16(26)14(24)12(22)10(20)8(4-18)30-16)33-17(27)15(25)13(23)11(21)9(5-19)31-17/h3,6,8-15,18-27H,1,4-5H2,2H3/b7-6+/t8-,9-,10-,11-,12+,13+,14-,15-,16?,17?,34?/m1/s1. The Morgan fingerprint density at radius 2 is 1.26 bits per heavy atom. The van der Waals surface area contributed by atoms with Gasteiger partial charge in [0, 0.05) is 0 Å². The molecule has 0 aliphatic carbocycles. The first kappa shape index (κ1) is 29.2. The topological polar surface area (TPSA) is 266 Å². The van der Waals surface area contributed by atoms with Crippen molar-refractivity contribution in [3.05, 3.63) is 24.5 Å². The number of aliphatic hydroxyl groups excluding tert-OH is 8. The second kappa shape index (κ2) is 10.9. The van der Waals surface area contributed by atoms with E-state index in [0.29, 0.717) is 6.26 Å². The number of phosphoric acid groups is 1. The third-order valence-electron chi connectivity index (χ3n) is 5.03. The molecule has 0 aromatic rings. The Morgan fingerprint density at radius 3 is 1.59 bits per heavy atom. The van der Waals surface area contributed by atoms with E-state index in [2.05, 4.69) is 6.58 Å². The van der Waals surface area contributed by atoms with Crippen molar-refractivity contribution in [1.29, 1.82) is 0 Å². The molecular formula is C17H29O16P. The van der Waals surface area contributed by atoms with Crippen LogP contribution in [0, 0.1) is 0 Å². The van der Waals surface area contributed by atoms with Gasteiger partial charge in [-0.05, 0) is 12.5 Å². The molecule has 34 heavy (non-hydrogen) atoms. The molecule has 0 spiro atoms. The molecule has 2 heterocycles. The lowest BCUT2D eigenvalue weighted by Crippen LogP contribution is -2.67. The van der Waals surface area contributed by atoms with E-state index in [9.17, 15) is 55.6 Å². The number of allylic oxidation sites excluding steroid dienone is 2. The second-order valence-corrected chi connectivity index (χ2v) is 9.06. The summed E-state index contributed by atoms with van der Waals surface area (Å²) in [6, 6.07) is 0. The van der Waals surface area contributed by atoms with Gasteiger partial charge in [0.15, 0.2) is 12.2 Å². The van der Waals surface area contributed by atoms with Crippen LogP contribution in [0.5, 0.6) is 0 Å². The molecule has 16 nitrogen and oxygen atoms in total. The van der Waals surface area contributed by atoms with E-state index in [-0.39, 0.29) is 5.57 Å². The van der Waals surface area contributed by atoms with E-state index in [1.54, 1.807) is 0 Å². The number of hydrogen-bond acceptors (Lipinski definition) is 16. The van der Waals surface area contributed by atoms with Crippen molar-refractivity contribution in [2.75, 3.05) is 13.2 Å². The summed E-state index contributed by atoms with van der Waals surface area (Å²) in [6.07, 6.45) is -15.1. The van der Waals surface area contributed by atoms with Crippen molar-refractivity contribution in [2.45, 2.75) is 67.7 Å². The summed E-state index contributed by atoms with van der Waals surface area (Å²) < 4.78 is 37.3. The Morgan fingerprint density at radius 1 is 0.882 bits per heavy atom. The first-order valence-electron chi connectivity index (χ1n) is 9.76. The normalized spacial score (nSPS) is 45.4. The molecule has 10 atom stereocenters. The van der Waals surface area contributed by atoms with E-state index in [1.165, 1.54) is 13.0 Å². The molecule has 0 aromatic heterocycles. The molecule has 2 fully saturated rings. The van der Waals surface area contributed by atoms with E-state index in [1.807, 2.05) is 0 Å². The predicted molar refractivity (Wildman–Crippen MR) is 105 cm³/mol. The Balaban J connectivity index is 2.45. The van der Waals surface area contributed by atoms with Crippen LogP contribution in [0.4, 0.5) is 0 Å². The van der Waals surface area contributed by atoms with Gasteiger partial charge in [0.1, 0.15) is 36.6 Å². The van der Waals surface area contributed by atoms with Gasteiger partial charge in [-0.2, -0.15) is 0 Å². The van der Waals surface area contributed by atoms with Crippen LogP contribution >= 0.6 is 7.82 Å². The zero-order chi connectivity index (χ0) is 26.1. The average Bonchev–Trinajstić information content (AvgIpc) is 2.79. The third-order valence-corrected chi connectivity index (χ3v) is 6.37. The van der Waals surface area contributed by atoms with Crippen molar-refractivity contribution in [3.63, 3.8) is 0 Å². The number of hydrogen-bond donors (Lipinski definition) is 10. The van der Waals surface area contributed by atoms with E-state index in [0.717, 1.165) is 0 Å². The molecule has 2 saturated heterocycles. The van der Waals surface area contributed by atoms with Crippen LogP contribution in [-0.2, 0) is 27.6 Å². The maximum Gasteiger partial charge on any atom is 0.538 e. The van der Waals surface area contributed by atoms with Crippen molar-refractivity contribution < 1.29 is 78.7 Å². The highest BCUT2D eigenvalue weighted by Gasteiger charge is 2.62. The van der Waals surface area contributed by atoms with Crippen molar-refractivity contribution in [1.82, 2.24) is 0 Å². The monoisotopic (exact) mass is 520 g/mol. The van der Waals surface area contributed by atoms with Gasteiger partial charge in [0.25, 0.3) is 0 Å². The van der Waals surface area contributed by atoms with Gasteiger partial charge in [-0.25, -0.2) is 13.6 Å². The first-order valence-corrected chi connectivity index (χ1v) is 11.2. The highest BCUT2D eigenvalue weighted by atomic mass is 31.2. The summed E-state index contributed by atoms with van der Waals surface area (Å²) in [4.78, 5) is 0. The van der Waals surface area contributed by atoms with Crippen LogP contribution in [0.1, 0.15) is 6.92 Å². The maximum absolute atomic E-state index is 13.4. The largest absolute Gasteiger partial charge is 0.538 e. The first-order chi connectivity index (χ1) is 15.7. The van der Waals surface area contributed by atoms with Crippen LogP contribution in [0.3, 0.4) is 0 Å². The molecule has 2 aliphatic heterocycles. The van der Waals surface area contributed by atoms with Gasteiger partial charge in [0.05, 0.1) is 19.5 Å². The fourth-order valence-electron chi connectivity index (χ4n) is 2.98. The van der Waals surface area contributed by atoms with Crippen LogP contribution in [0.2, 0.25) is 0 Å². The van der Waals surface area contributed by atoms with Gasteiger partial charge in [-0.3, -0.25) is 0 Å². The average molecular weight is 520 g/mol. The molecule has 198 valence electrons. The smallest absolute Gasteiger partial charge is 0.411 e. The molecule has 0 aromatic carbocycles. The molecule has 2 rings (SSSR count). The molecule has 2 aliphatic rings. The molecular weight excluding hydrogens is 491 g/mol. The molecule has 0 amide bonds. The van der Waals surface area contributed by atoms with E-state index >= 15 is 0 Å². The minimum Gasteiger partial charge on any atom is -0.411 e. The maximum atomic E-state index is 13.4. The molecule has 17 heteroatoms. The van der Waals surface area contributed by atoms with Crippen molar-refractivity contribution in [3.8, 4) is 0 Å². The summed E-state index contributed by atoms with van der Waals surface area (Å²) in [6.45, 7) is 2.73. The number of aliphatic hydroxyl groups is 10. The summed E-state index contributed by atoms with van der Waals surface area (Å²) in [7, 11) is -5.54. The molecule has 2 unspecified atom stereocenters. The van der Waals surface area contributed by atoms with Gasteiger partial charge in [0.2, 0.25) is 0 Å². The minimum atomic E-state index is -5.54. The van der Waals surface area contributed by atoms with Gasteiger partial charge in [-0.1, -0.05) is 12.7 Å². The molecule has 0 radical (unpaired) electrons. The fourth-order valence-corrected chi connectivity index (χ4v) is 4.34. The number of ether oxygens (including phenoxy) is 2. The lowest BCUT2D eigenvalue weighted by molar-refractivity contribution is -0.443. The summed E-state index contributed by atoms with van der Waals surface area (Å²) in [5.74, 6) is -7.02. The Bertz CT molecular complexity index is 741. The van der Waals surface area contributed by atoms with Crippen molar-refractivity contribution in [2.24, 2.45) is 0 Å². The molecule has 10 N–H and O–H groups in total. The number of rotatable bonds is 9. The predicted octanol–water partition coefficient (Wildman–Crippen LogP) is -4.53. The summed E-state index contributed by atoms with van der Waals surface area (Å²) >= 11 is 0. The van der Waals surface area contributed by atoms with Gasteiger partial charge in [-0.15, -0.1) is 0 Å². The lowest BCUT2D eigenvalue weighted by atomic mass is 9.98. The SMILES string of the molecule is C=C/C(C)=C/OP(=O)(OC1(O)O[C@H](CO)[C@@H](O)[C@H](O)[C@H]1O)OC1(O)O[C@H](CO)[C@@H](O)[C@H](O)[C@H]1O. The quantitative estimate of drug-likeness (QED) is 0.0594. The summed E-state index contributed by atoms with van der Waals surface area (Å²) in [5, 5.41) is 99.6. The zero-order valence-electron chi connectivity index (χ0n) is 17.8. The minimum absolute atomic E-state index is 0.161. The van der Waals surface area contributed by atoms with Crippen LogP contribution in [-0.4, -0.2) is 125 Å². The highest BCUT2D eigenvalue weighted by molar-refractivity contribution is 7.48. The van der Waals surface area contributed by atoms with Gasteiger partial charge < -0.3 is 65.1 Å². The molecule has 0 bridgehead atoms. The van der Waals surface area contributed by atoms with Crippen molar-refractivity contribution >= 4 is 7.82 Å². The number of phosphoric ester groups is 1. The Labute approximate surface area is 192 Å². The molecule has 0 saturated carbocycles. The van der Waals surface area contributed by atoms with Crippen LogP contribution in [0.25, 0.3) is 0 Å². The highest BCUT2D eigenvalue weighted by Crippen LogP contribution is 2.58. The zero-order valence-corrected chi connectivity index (χ0v) is 18.7. The van der Waals surface area contributed by atoms with Gasteiger partial charge >= 0.3 is 19.8 Å². The van der Waals surface area contributed by atoms with Crippen LogP contribution in [0.15, 0.2) is 24.5 Å². The Hall–Kier alpha value is -1.05. The van der Waals surface area contributed by atoms with E-state index in [4.69, 9.17) is 23.0 Å². The Kier molecular flexibility index (Phi) is 9.37. The third kappa shape index (κ3) is 5.84. The van der Waals surface area contributed by atoms with E-state index < -0.39 is 81.8 Å². The van der Waals surface area contributed by atoms with Crippen LogP contribution < -0.4 is 0 Å². The fraction of sp³-hybridized carbons (Fsp3) is 0.765.